The van der Waals surface area contributed by atoms with Crippen LogP contribution in [0.15, 0.2) is 66.7 Å². The smallest absolute Gasteiger partial charge is 0.255 e. The number of benzene rings is 3. The van der Waals surface area contributed by atoms with Crippen LogP contribution in [0.3, 0.4) is 0 Å². The van der Waals surface area contributed by atoms with Crippen molar-refractivity contribution in [1.82, 2.24) is 5.32 Å². The van der Waals surface area contributed by atoms with Crippen LogP contribution in [0.1, 0.15) is 28.9 Å². The van der Waals surface area contributed by atoms with Crippen molar-refractivity contribution < 1.29 is 13.9 Å². The minimum absolute atomic E-state index is 0.187. The first-order chi connectivity index (χ1) is 12.9. The number of carbonyl (C=O) groups excluding carboxylic acids is 1. The topological polar surface area (TPSA) is 38.3 Å². The zero-order chi connectivity index (χ0) is 19.4. The number of hydrogen-bond donors (Lipinski definition) is 1. The summed E-state index contributed by atoms with van der Waals surface area (Å²) in [7, 11) is 0. The van der Waals surface area contributed by atoms with Crippen molar-refractivity contribution in [2.24, 2.45) is 0 Å². The van der Waals surface area contributed by atoms with E-state index < -0.39 is 5.82 Å². The Bertz CT molecular complexity index is 943. The highest BCUT2D eigenvalue weighted by Crippen LogP contribution is 2.30. The molecule has 0 saturated carbocycles. The molecular weight excluding hydrogens is 388 g/mol. The van der Waals surface area contributed by atoms with E-state index in [9.17, 15) is 9.18 Å². The number of nitrogens with one attached hydrogen (secondary N) is 1. The summed E-state index contributed by atoms with van der Waals surface area (Å²) in [5, 5.41) is 3.49. The fourth-order valence-electron chi connectivity index (χ4n) is 2.58. The molecule has 138 valence electrons. The van der Waals surface area contributed by atoms with Crippen LogP contribution in [0.2, 0.25) is 10.0 Å². The van der Waals surface area contributed by atoms with Gasteiger partial charge in [-0.05, 0) is 42.8 Å². The van der Waals surface area contributed by atoms with Crippen LogP contribution in [0.4, 0.5) is 4.39 Å². The quantitative estimate of drug-likeness (QED) is 0.533. The van der Waals surface area contributed by atoms with E-state index >= 15 is 0 Å². The fourth-order valence-corrected chi connectivity index (χ4v) is 2.97. The van der Waals surface area contributed by atoms with Gasteiger partial charge in [-0.1, -0.05) is 53.5 Å². The normalized spacial score (nSPS) is 11.7. The van der Waals surface area contributed by atoms with Gasteiger partial charge < -0.3 is 10.1 Å². The average Bonchev–Trinajstić information content (AvgIpc) is 2.63. The van der Waals surface area contributed by atoms with Gasteiger partial charge >= 0.3 is 0 Å². The molecule has 1 amide bonds. The summed E-state index contributed by atoms with van der Waals surface area (Å²) in [6.45, 7) is 1.88. The van der Waals surface area contributed by atoms with Gasteiger partial charge in [0, 0.05) is 16.1 Å². The molecular formula is C21H16Cl2FNO2. The van der Waals surface area contributed by atoms with E-state index in [1.54, 1.807) is 12.1 Å². The highest BCUT2D eigenvalue weighted by Gasteiger charge is 2.17. The van der Waals surface area contributed by atoms with Crippen molar-refractivity contribution in [2.45, 2.75) is 13.0 Å². The summed E-state index contributed by atoms with van der Waals surface area (Å²) < 4.78 is 19.2. The first-order valence-electron chi connectivity index (χ1n) is 8.21. The Morgan fingerprint density at radius 2 is 1.74 bits per heavy atom. The molecule has 0 heterocycles. The Morgan fingerprint density at radius 1 is 1.00 bits per heavy atom. The van der Waals surface area contributed by atoms with Crippen molar-refractivity contribution in [2.75, 3.05) is 0 Å². The van der Waals surface area contributed by atoms with Crippen molar-refractivity contribution in [1.29, 1.82) is 0 Å². The molecule has 3 rings (SSSR count). The summed E-state index contributed by atoms with van der Waals surface area (Å²) in [5.41, 5.74) is 1.21. The SMILES string of the molecule is C[C@H](NC(=O)c1cc(Cl)ccc1Oc1cc(F)cc(Cl)c1)c1ccccc1. The summed E-state index contributed by atoms with van der Waals surface area (Å²) in [6, 6.07) is 17.8. The molecule has 27 heavy (non-hydrogen) atoms. The van der Waals surface area contributed by atoms with Gasteiger partial charge in [0.2, 0.25) is 0 Å². The molecule has 3 aromatic carbocycles. The minimum atomic E-state index is -0.532. The monoisotopic (exact) mass is 403 g/mol. The lowest BCUT2D eigenvalue weighted by Gasteiger charge is -2.16. The van der Waals surface area contributed by atoms with Crippen LogP contribution in [-0.4, -0.2) is 5.91 Å². The van der Waals surface area contributed by atoms with Crippen molar-refractivity contribution in [3.05, 3.63) is 93.7 Å². The Kier molecular flexibility index (Phi) is 5.99. The maximum absolute atomic E-state index is 13.5. The standard InChI is InChI=1S/C21H16Cl2FNO2/c1-13(14-5-3-2-4-6-14)25-21(26)19-11-15(22)7-8-20(19)27-18-10-16(23)9-17(24)12-18/h2-13H,1H3,(H,25,26)/t13-/m0/s1. The molecule has 3 nitrogen and oxygen atoms in total. The highest BCUT2D eigenvalue weighted by molar-refractivity contribution is 6.31. The maximum Gasteiger partial charge on any atom is 0.255 e. The van der Waals surface area contributed by atoms with Crippen molar-refractivity contribution in [3.63, 3.8) is 0 Å². The van der Waals surface area contributed by atoms with E-state index in [-0.39, 0.29) is 34.0 Å². The van der Waals surface area contributed by atoms with E-state index in [4.69, 9.17) is 27.9 Å². The second-order valence-corrected chi connectivity index (χ2v) is 6.83. The molecule has 1 atom stereocenters. The highest BCUT2D eigenvalue weighted by atomic mass is 35.5. The lowest BCUT2D eigenvalue weighted by atomic mass is 10.1. The number of amides is 1. The molecule has 0 spiro atoms. The second-order valence-electron chi connectivity index (χ2n) is 5.95. The summed E-state index contributed by atoms with van der Waals surface area (Å²) in [5.74, 6) is -0.451. The first-order valence-corrected chi connectivity index (χ1v) is 8.97. The summed E-state index contributed by atoms with van der Waals surface area (Å²) in [6.07, 6.45) is 0. The van der Waals surface area contributed by atoms with Gasteiger partial charge in [0.1, 0.15) is 17.3 Å². The van der Waals surface area contributed by atoms with E-state index in [0.29, 0.717) is 5.02 Å². The molecule has 0 aliphatic rings. The van der Waals surface area contributed by atoms with Crippen molar-refractivity contribution in [3.8, 4) is 11.5 Å². The fraction of sp³-hybridized carbons (Fsp3) is 0.0952. The largest absolute Gasteiger partial charge is 0.456 e. The van der Waals surface area contributed by atoms with Gasteiger partial charge in [0.25, 0.3) is 5.91 Å². The van der Waals surface area contributed by atoms with Crippen LogP contribution < -0.4 is 10.1 Å². The third-order valence-electron chi connectivity index (χ3n) is 3.90. The third-order valence-corrected chi connectivity index (χ3v) is 4.35. The predicted octanol–water partition coefficient (Wildman–Crippen LogP) is 6.42. The van der Waals surface area contributed by atoms with Gasteiger partial charge in [-0.3, -0.25) is 4.79 Å². The van der Waals surface area contributed by atoms with Crippen LogP contribution in [0, 0.1) is 5.82 Å². The molecule has 3 aromatic rings. The van der Waals surface area contributed by atoms with Crippen LogP contribution in [0.25, 0.3) is 0 Å². The van der Waals surface area contributed by atoms with Crippen molar-refractivity contribution >= 4 is 29.1 Å². The summed E-state index contributed by atoms with van der Waals surface area (Å²) >= 11 is 11.9. The van der Waals surface area contributed by atoms with E-state index in [2.05, 4.69) is 5.32 Å². The van der Waals surface area contributed by atoms with Gasteiger partial charge in [0.05, 0.1) is 11.6 Å². The zero-order valence-corrected chi connectivity index (χ0v) is 15.9. The lowest BCUT2D eigenvalue weighted by Crippen LogP contribution is -2.27. The van der Waals surface area contributed by atoms with Gasteiger partial charge in [-0.2, -0.15) is 0 Å². The first kappa shape index (κ1) is 19.2. The van der Waals surface area contributed by atoms with Gasteiger partial charge in [0.15, 0.2) is 0 Å². The molecule has 0 bridgehead atoms. The molecule has 0 aliphatic carbocycles. The number of halogens is 3. The van der Waals surface area contributed by atoms with Crippen LogP contribution in [-0.2, 0) is 0 Å². The Hall–Kier alpha value is -2.56. The lowest BCUT2D eigenvalue weighted by molar-refractivity contribution is 0.0937. The molecule has 0 fully saturated rings. The Labute approximate surface area is 166 Å². The van der Waals surface area contributed by atoms with E-state index in [0.717, 1.165) is 5.56 Å². The molecule has 0 radical (unpaired) electrons. The Morgan fingerprint density at radius 3 is 2.44 bits per heavy atom. The predicted molar refractivity (Wildman–Crippen MR) is 105 cm³/mol. The molecule has 6 heteroatoms. The van der Waals surface area contributed by atoms with E-state index in [1.165, 1.54) is 24.3 Å². The Balaban J connectivity index is 1.86. The van der Waals surface area contributed by atoms with E-state index in [1.807, 2.05) is 37.3 Å². The number of hydrogen-bond acceptors (Lipinski definition) is 2. The van der Waals surface area contributed by atoms with Gasteiger partial charge in [-0.25, -0.2) is 4.39 Å². The van der Waals surface area contributed by atoms with Gasteiger partial charge in [-0.15, -0.1) is 0 Å². The number of rotatable bonds is 5. The minimum Gasteiger partial charge on any atom is -0.456 e. The molecule has 0 saturated heterocycles. The summed E-state index contributed by atoms with van der Waals surface area (Å²) in [4.78, 5) is 12.8. The molecule has 0 aliphatic heterocycles. The molecule has 1 N–H and O–H groups in total. The number of carbonyl (C=O) groups is 1. The molecule has 0 unspecified atom stereocenters. The zero-order valence-electron chi connectivity index (χ0n) is 14.4. The average molecular weight is 404 g/mol. The van der Waals surface area contributed by atoms with Crippen LogP contribution >= 0.6 is 23.2 Å². The maximum atomic E-state index is 13.5. The number of ether oxygens (including phenoxy) is 1. The second kappa shape index (κ2) is 8.42. The molecule has 0 aromatic heterocycles. The van der Waals surface area contributed by atoms with Crippen LogP contribution in [0.5, 0.6) is 11.5 Å². The third kappa shape index (κ3) is 5.00.